The highest BCUT2D eigenvalue weighted by Gasteiger charge is 2.64. The van der Waals surface area contributed by atoms with Crippen LogP contribution in [0.3, 0.4) is 0 Å². The van der Waals surface area contributed by atoms with Crippen LogP contribution < -0.4 is 4.74 Å². The van der Waals surface area contributed by atoms with Crippen LogP contribution in [-0.4, -0.2) is 19.2 Å². The minimum atomic E-state index is -0.0807. The van der Waals surface area contributed by atoms with E-state index in [4.69, 9.17) is 9.47 Å². The smallest absolute Gasteiger partial charge is 0.310 e. The molecule has 1 fully saturated rings. The fraction of sp³-hybridized carbons (Fsp3) is 0.462. The van der Waals surface area contributed by atoms with Gasteiger partial charge in [-0.25, -0.2) is 0 Å². The summed E-state index contributed by atoms with van der Waals surface area (Å²) in [5.74, 6) is 0.841. The van der Waals surface area contributed by atoms with Gasteiger partial charge in [-0.15, -0.1) is 0 Å². The molecule has 0 N–H and O–H groups in total. The molecule has 1 saturated carbocycles. The molecule has 1 spiro atoms. The van der Waals surface area contributed by atoms with Crippen molar-refractivity contribution in [3.63, 3.8) is 0 Å². The fourth-order valence-corrected chi connectivity index (χ4v) is 2.60. The second-order valence-corrected chi connectivity index (χ2v) is 4.45. The van der Waals surface area contributed by atoms with Crippen LogP contribution in [-0.2, 0) is 14.9 Å². The van der Waals surface area contributed by atoms with Crippen LogP contribution in [0, 0.1) is 5.92 Å². The summed E-state index contributed by atoms with van der Waals surface area (Å²) in [6.45, 7) is 2.91. The van der Waals surface area contributed by atoms with Gasteiger partial charge < -0.3 is 9.47 Å². The molecule has 16 heavy (non-hydrogen) atoms. The molecule has 0 radical (unpaired) electrons. The third-order valence-electron chi connectivity index (χ3n) is 3.56. The first-order valence-electron chi connectivity index (χ1n) is 5.67. The van der Waals surface area contributed by atoms with Crippen LogP contribution in [0.2, 0.25) is 0 Å². The van der Waals surface area contributed by atoms with Gasteiger partial charge in [-0.05, 0) is 19.4 Å². The summed E-state index contributed by atoms with van der Waals surface area (Å²) < 4.78 is 10.7. The predicted octanol–water partition coefficient (Wildman–Crippen LogP) is 1.90. The Morgan fingerprint density at radius 2 is 2.38 bits per heavy atom. The predicted molar refractivity (Wildman–Crippen MR) is 58.4 cm³/mol. The highest BCUT2D eigenvalue weighted by atomic mass is 16.5. The molecule has 84 valence electrons. The first kappa shape index (κ1) is 9.70. The summed E-state index contributed by atoms with van der Waals surface area (Å²) in [5.41, 5.74) is 1.09. The van der Waals surface area contributed by atoms with E-state index in [-0.39, 0.29) is 17.3 Å². The van der Waals surface area contributed by atoms with Gasteiger partial charge in [0.1, 0.15) is 5.75 Å². The van der Waals surface area contributed by atoms with E-state index < -0.39 is 0 Å². The first-order valence-corrected chi connectivity index (χ1v) is 5.67. The molecular formula is C13H14O3. The highest BCUT2D eigenvalue weighted by Crippen LogP contribution is 2.60. The molecular weight excluding hydrogens is 204 g/mol. The summed E-state index contributed by atoms with van der Waals surface area (Å²) in [6.07, 6.45) is 0.864. The number of ether oxygens (including phenoxy) is 2. The number of esters is 1. The van der Waals surface area contributed by atoms with E-state index >= 15 is 0 Å². The Labute approximate surface area is 94.4 Å². The van der Waals surface area contributed by atoms with Gasteiger partial charge in [-0.2, -0.15) is 0 Å². The Morgan fingerprint density at radius 1 is 1.56 bits per heavy atom. The van der Waals surface area contributed by atoms with Gasteiger partial charge in [0.15, 0.2) is 0 Å². The lowest BCUT2D eigenvalue weighted by Gasteiger charge is -2.07. The van der Waals surface area contributed by atoms with Crippen LogP contribution in [0.15, 0.2) is 24.3 Å². The van der Waals surface area contributed by atoms with Gasteiger partial charge in [0.25, 0.3) is 0 Å². The molecule has 3 nitrogen and oxygen atoms in total. The van der Waals surface area contributed by atoms with E-state index in [0.29, 0.717) is 13.2 Å². The number of hydrogen-bond acceptors (Lipinski definition) is 3. The lowest BCUT2D eigenvalue weighted by Crippen LogP contribution is -2.18. The second kappa shape index (κ2) is 3.24. The molecule has 0 saturated heterocycles. The summed E-state index contributed by atoms with van der Waals surface area (Å²) in [7, 11) is 0. The van der Waals surface area contributed by atoms with Crippen molar-refractivity contribution in [2.24, 2.45) is 5.92 Å². The van der Waals surface area contributed by atoms with Crippen molar-refractivity contribution in [3.8, 4) is 5.75 Å². The summed E-state index contributed by atoms with van der Waals surface area (Å²) in [6, 6.07) is 7.97. The Morgan fingerprint density at radius 3 is 3.19 bits per heavy atom. The van der Waals surface area contributed by atoms with Gasteiger partial charge in [-0.1, -0.05) is 18.2 Å². The zero-order chi connectivity index (χ0) is 11.2. The van der Waals surface area contributed by atoms with Crippen molar-refractivity contribution < 1.29 is 14.3 Å². The average molecular weight is 218 g/mol. The molecule has 2 aliphatic rings. The van der Waals surface area contributed by atoms with Crippen LogP contribution in [0.25, 0.3) is 0 Å². The number of benzene rings is 1. The van der Waals surface area contributed by atoms with Gasteiger partial charge in [-0.3, -0.25) is 4.79 Å². The summed E-state index contributed by atoms with van der Waals surface area (Å²) in [5, 5.41) is 0. The van der Waals surface area contributed by atoms with Crippen LogP contribution in [0.1, 0.15) is 18.9 Å². The largest absolute Gasteiger partial charge is 0.492 e. The molecule has 3 rings (SSSR count). The second-order valence-electron chi connectivity index (χ2n) is 4.45. The van der Waals surface area contributed by atoms with Gasteiger partial charge in [0.05, 0.1) is 19.1 Å². The van der Waals surface area contributed by atoms with E-state index in [1.807, 2.05) is 25.1 Å². The van der Waals surface area contributed by atoms with E-state index in [1.165, 1.54) is 5.56 Å². The maximum atomic E-state index is 11.7. The third kappa shape index (κ3) is 1.17. The lowest BCUT2D eigenvalue weighted by molar-refractivity contribution is -0.145. The molecule has 1 aliphatic carbocycles. The number of para-hydroxylation sites is 1. The average Bonchev–Trinajstić information content (AvgIpc) is 2.91. The SMILES string of the molecule is CCOC(=O)C1CC12COc1ccccc12. The Kier molecular flexibility index (Phi) is 1.96. The van der Waals surface area contributed by atoms with E-state index in [2.05, 4.69) is 6.07 Å². The number of carbonyl (C=O) groups is 1. The molecule has 1 aliphatic heterocycles. The maximum absolute atomic E-state index is 11.7. The maximum Gasteiger partial charge on any atom is 0.310 e. The van der Waals surface area contributed by atoms with Crippen molar-refractivity contribution in [3.05, 3.63) is 29.8 Å². The number of fused-ring (bicyclic) bond motifs is 2. The molecule has 0 aromatic heterocycles. The Hall–Kier alpha value is -1.51. The number of hydrogen-bond donors (Lipinski definition) is 0. The third-order valence-corrected chi connectivity index (χ3v) is 3.56. The van der Waals surface area contributed by atoms with Crippen LogP contribution in [0.4, 0.5) is 0 Å². The zero-order valence-corrected chi connectivity index (χ0v) is 9.23. The molecule has 1 heterocycles. The molecule has 1 aromatic rings. The standard InChI is InChI=1S/C13H14O3/c1-2-15-12(14)10-7-13(10)8-16-11-6-4-3-5-9(11)13/h3-6,10H,2,7-8H2,1H3. The van der Waals surface area contributed by atoms with Crippen molar-refractivity contribution >= 4 is 5.97 Å². The molecule has 3 heteroatoms. The fourth-order valence-electron chi connectivity index (χ4n) is 2.60. The monoisotopic (exact) mass is 218 g/mol. The number of rotatable bonds is 2. The van der Waals surface area contributed by atoms with E-state index in [0.717, 1.165) is 12.2 Å². The molecule has 0 bridgehead atoms. The van der Waals surface area contributed by atoms with Crippen LogP contribution >= 0.6 is 0 Å². The topological polar surface area (TPSA) is 35.5 Å². The van der Waals surface area contributed by atoms with Crippen LogP contribution in [0.5, 0.6) is 5.75 Å². The van der Waals surface area contributed by atoms with Gasteiger partial charge in [0.2, 0.25) is 0 Å². The Balaban J connectivity index is 1.87. The van der Waals surface area contributed by atoms with Crippen molar-refractivity contribution in [2.75, 3.05) is 13.2 Å². The minimum Gasteiger partial charge on any atom is -0.492 e. The first-order chi connectivity index (χ1) is 7.78. The molecule has 2 unspecified atom stereocenters. The van der Waals surface area contributed by atoms with Gasteiger partial charge >= 0.3 is 5.97 Å². The lowest BCUT2D eigenvalue weighted by atomic mass is 9.96. The molecule has 0 amide bonds. The van der Waals surface area contributed by atoms with Crippen molar-refractivity contribution in [1.82, 2.24) is 0 Å². The molecule has 1 aromatic carbocycles. The van der Waals surface area contributed by atoms with Crippen molar-refractivity contribution in [2.45, 2.75) is 18.8 Å². The van der Waals surface area contributed by atoms with E-state index in [9.17, 15) is 4.79 Å². The normalized spacial score (nSPS) is 29.7. The highest BCUT2D eigenvalue weighted by molar-refractivity contribution is 5.80. The molecule has 2 atom stereocenters. The summed E-state index contributed by atoms with van der Waals surface area (Å²) >= 11 is 0. The van der Waals surface area contributed by atoms with Crippen molar-refractivity contribution in [1.29, 1.82) is 0 Å². The van der Waals surface area contributed by atoms with E-state index in [1.54, 1.807) is 0 Å². The number of carbonyl (C=O) groups excluding carboxylic acids is 1. The van der Waals surface area contributed by atoms with Gasteiger partial charge in [0, 0.05) is 11.0 Å². The quantitative estimate of drug-likeness (QED) is 0.711. The zero-order valence-electron chi connectivity index (χ0n) is 9.23. The summed E-state index contributed by atoms with van der Waals surface area (Å²) in [4.78, 5) is 11.7. The minimum absolute atomic E-state index is 0.00361. The Bertz CT molecular complexity index is 441.